The molecule has 0 spiro atoms. The van der Waals surface area contributed by atoms with Gasteiger partial charge >= 0.3 is 0 Å². The number of amides is 2. The summed E-state index contributed by atoms with van der Waals surface area (Å²) in [6, 6.07) is 0.315. The van der Waals surface area contributed by atoms with Crippen LogP contribution in [0.1, 0.15) is 44.9 Å². The highest BCUT2D eigenvalue weighted by Gasteiger charge is 2.67. The minimum atomic E-state index is -0.453. The topological polar surface area (TPSA) is 96.9 Å². The molecule has 11 atom stereocenters. The van der Waals surface area contributed by atoms with Crippen LogP contribution in [0.5, 0.6) is 0 Å². The van der Waals surface area contributed by atoms with Gasteiger partial charge in [-0.25, -0.2) is 0 Å². The molecule has 6 aliphatic rings. The number of hydrogen-bond acceptors (Lipinski definition) is 6. The third-order valence-corrected chi connectivity index (χ3v) is 8.18. The number of imide groups is 1. The van der Waals surface area contributed by atoms with Crippen LogP contribution >= 0.6 is 0 Å². The summed E-state index contributed by atoms with van der Waals surface area (Å²) in [5.74, 6) is -0.916. The Bertz CT molecular complexity index is 671. The maximum absolute atomic E-state index is 12.8. The number of carbonyl (C=O) groups is 2. The summed E-state index contributed by atoms with van der Waals surface area (Å²) in [4.78, 5) is 25.5. The van der Waals surface area contributed by atoms with Crippen molar-refractivity contribution in [1.29, 1.82) is 0 Å². The molecule has 3 N–H and O–H groups in total. The molecule has 6 rings (SSSR count). The molecule has 3 heterocycles. The van der Waals surface area contributed by atoms with Gasteiger partial charge in [-0.1, -0.05) is 12.8 Å². The molecule has 7 nitrogen and oxygen atoms in total. The summed E-state index contributed by atoms with van der Waals surface area (Å²) < 4.78 is 13.1. The number of aliphatic hydroxyl groups excluding tert-OH is 1. The van der Waals surface area contributed by atoms with Gasteiger partial charge in [-0.05, 0) is 43.9 Å². The Kier molecular flexibility index (Phi) is 3.75. The Morgan fingerprint density at radius 1 is 0.889 bits per heavy atom. The molecule has 0 aromatic heterocycles. The molecule has 27 heavy (non-hydrogen) atoms. The van der Waals surface area contributed by atoms with Crippen LogP contribution in [0.3, 0.4) is 0 Å². The van der Waals surface area contributed by atoms with Gasteiger partial charge < -0.3 is 19.9 Å². The van der Waals surface area contributed by atoms with E-state index in [1.165, 1.54) is 0 Å². The van der Waals surface area contributed by atoms with E-state index in [4.69, 9.17) is 9.47 Å². The summed E-state index contributed by atoms with van der Waals surface area (Å²) in [7, 11) is 0. The first-order valence-electron chi connectivity index (χ1n) is 10.7. The molecule has 3 saturated heterocycles. The van der Waals surface area contributed by atoms with E-state index in [0.29, 0.717) is 12.5 Å². The van der Waals surface area contributed by atoms with Crippen molar-refractivity contribution in [3.63, 3.8) is 0 Å². The number of ether oxygens (including phenoxy) is 2. The molecule has 2 amide bonds. The maximum Gasteiger partial charge on any atom is 0.233 e. The van der Waals surface area contributed by atoms with E-state index in [-0.39, 0.29) is 66.1 Å². The highest BCUT2D eigenvalue weighted by Crippen LogP contribution is 2.53. The number of carbonyl (C=O) groups excluding carboxylic acids is 2. The summed E-state index contributed by atoms with van der Waals surface area (Å²) in [6.07, 6.45) is 5.99. The lowest BCUT2D eigenvalue weighted by Crippen LogP contribution is -2.66. The first kappa shape index (κ1) is 16.9. The number of rotatable bonds is 0. The Morgan fingerprint density at radius 2 is 1.59 bits per heavy atom. The van der Waals surface area contributed by atoms with Gasteiger partial charge in [-0.3, -0.25) is 14.9 Å². The van der Waals surface area contributed by atoms with Crippen molar-refractivity contribution in [2.75, 3.05) is 0 Å². The Labute approximate surface area is 158 Å². The minimum Gasteiger partial charge on any atom is -0.393 e. The van der Waals surface area contributed by atoms with Crippen molar-refractivity contribution in [1.82, 2.24) is 10.6 Å². The third-order valence-electron chi connectivity index (χ3n) is 8.18. The smallest absolute Gasteiger partial charge is 0.233 e. The lowest BCUT2D eigenvalue weighted by atomic mass is 9.62. The lowest BCUT2D eigenvalue weighted by molar-refractivity contribution is -0.265. The van der Waals surface area contributed by atoms with E-state index < -0.39 is 5.92 Å². The van der Waals surface area contributed by atoms with Crippen molar-refractivity contribution in [2.24, 2.45) is 23.7 Å². The van der Waals surface area contributed by atoms with Gasteiger partial charge in [0.05, 0.1) is 36.3 Å². The molecule has 6 fully saturated rings. The van der Waals surface area contributed by atoms with Crippen LogP contribution in [0.15, 0.2) is 0 Å². The van der Waals surface area contributed by atoms with Crippen LogP contribution in [0.2, 0.25) is 0 Å². The Balaban J connectivity index is 1.39. The highest BCUT2D eigenvalue weighted by atomic mass is 16.6. The van der Waals surface area contributed by atoms with Gasteiger partial charge in [0.15, 0.2) is 0 Å². The minimum absolute atomic E-state index is 0.0241. The fraction of sp³-hybridized carbons (Fsp3) is 0.900. The summed E-state index contributed by atoms with van der Waals surface area (Å²) >= 11 is 0. The van der Waals surface area contributed by atoms with E-state index in [1.807, 2.05) is 0 Å². The monoisotopic (exact) mass is 376 g/mol. The van der Waals surface area contributed by atoms with Crippen LogP contribution in [0, 0.1) is 23.7 Å². The van der Waals surface area contributed by atoms with Crippen molar-refractivity contribution in [2.45, 2.75) is 87.5 Å². The summed E-state index contributed by atoms with van der Waals surface area (Å²) in [5.41, 5.74) is 0. The second-order valence-corrected chi connectivity index (χ2v) is 9.47. The van der Waals surface area contributed by atoms with Crippen LogP contribution in [-0.4, -0.2) is 59.5 Å². The van der Waals surface area contributed by atoms with E-state index in [2.05, 4.69) is 10.6 Å². The van der Waals surface area contributed by atoms with E-state index >= 15 is 0 Å². The standard InChI is InChI=1S/C20H28N2O5/c23-8-5-6-10-9(7-8)13-14-15(20(25)22-19(14)24)17-18(16(13)21-10)27-12-4-2-1-3-11(12)26-17/h8-18,21,23H,1-7H2,(H,22,24,25). The average molecular weight is 376 g/mol. The molecule has 11 unspecified atom stereocenters. The summed E-state index contributed by atoms with van der Waals surface area (Å²) in [6.45, 7) is 0. The van der Waals surface area contributed by atoms with Gasteiger partial charge in [0.25, 0.3) is 0 Å². The van der Waals surface area contributed by atoms with Crippen LogP contribution < -0.4 is 10.6 Å². The second kappa shape index (κ2) is 5.99. The lowest BCUT2D eigenvalue weighted by Gasteiger charge is -2.52. The average Bonchev–Trinajstić information content (AvgIpc) is 3.17. The predicted molar refractivity (Wildman–Crippen MR) is 93.5 cm³/mol. The molecule has 0 aromatic carbocycles. The first-order chi connectivity index (χ1) is 13.1. The molecule has 0 bridgehead atoms. The number of aliphatic hydroxyl groups is 1. The zero-order chi connectivity index (χ0) is 18.3. The van der Waals surface area contributed by atoms with E-state index in [1.54, 1.807) is 0 Å². The molecule has 3 saturated carbocycles. The zero-order valence-electron chi connectivity index (χ0n) is 15.4. The van der Waals surface area contributed by atoms with Crippen LogP contribution in [0.25, 0.3) is 0 Å². The normalized spacial score (nSPS) is 56.4. The maximum atomic E-state index is 12.8. The zero-order valence-corrected chi connectivity index (χ0v) is 15.4. The second-order valence-electron chi connectivity index (χ2n) is 9.47. The predicted octanol–water partition coefficient (Wildman–Crippen LogP) is 0.102. The largest absolute Gasteiger partial charge is 0.393 e. The highest BCUT2D eigenvalue weighted by molar-refractivity contribution is 6.05. The Hall–Kier alpha value is -1.02. The third kappa shape index (κ3) is 2.35. The van der Waals surface area contributed by atoms with Crippen LogP contribution in [0.4, 0.5) is 0 Å². The number of hydrogen-bond donors (Lipinski definition) is 3. The van der Waals surface area contributed by atoms with Gasteiger partial charge in [-0.2, -0.15) is 0 Å². The quantitative estimate of drug-likeness (QED) is 0.519. The molecular formula is C20H28N2O5. The van der Waals surface area contributed by atoms with Crippen molar-refractivity contribution in [3.8, 4) is 0 Å². The molecule has 3 aliphatic heterocycles. The molecule has 0 aromatic rings. The van der Waals surface area contributed by atoms with Crippen LogP contribution in [-0.2, 0) is 19.1 Å². The number of nitrogens with one attached hydrogen (secondary N) is 2. The Morgan fingerprint density at radius 3 is 2.37 bits per heavy atom. The van der Waals surface area contributed by atoms with Gasteiger partial charge in [0, 0.05) is 12.1 Å². The molecule has 148 valence electrons. The SMILES string of the molecule is O=C1NC(=O)C2C1C1OC3CCCCC3OC1C1NC3CCC(O)CC3C12. The van der Waals surface area contributed by atoms with Crippen molar-refractivity contribution < 1.29 is 24.2 Å². The molecule has 7 heteroatoms. The fourth-order valence-corrected chi connectivity index (χ4v) is 7.14. The fourth-order valence-electron chi connectivity index (χ4n) is 7.14. The van der Waals surface area contributed by atoms with E-state index in [0.717, 1.165) is 38.5 Å². The molecule has 3 aliphatic carbocycles. The summed E-state index contributed by atoms with van der Waals surface area (Å²) in [5, 5.41) is 16.6. The van der Waals surface area contributed by atoms with Gasteiger partial charge in [0.1, 0.15) is 6.10 Å². The van der Waals surface area contributed by atoms with Gasteiger partial charge in [0.2, 0.25) is 11.8 Å². The van der Waals surface area contributed by atoms with E-state index in [9.17, 15) is 14.7 Å². The first-order valence-corrected chi connectivity index (χ1v) is 10.7. The van der Waals surface area contributed by atoms with Crippen molar-refractivity contribution in [3.05, 3.63) is 0 Å². The molecule has 0 radical (unpaired) electrons. The molecular weight excluding hydrogens is 348 g/mol. The number of fused-ring (bicyclic) bond motifs is 9. The van der Waals surface area contributed by atoms with Crippen molar-refractivity contribution >= 4 is 11.8 Å². The van der Waals surface area contributed by atoms with Gasteiger partial charge in [-0.15, -0.1) is 0 Å².